The lowest BCUT2D eigenvalue weighted by Gasteiger charge is -2.17. The van der Waals surface area contributed by atoms with Gasteiger partial charge in [0.25, 0.3) is 5.91 Å². The molecule has 0 aromatic carbocycles. The Morgan fingerprint density at radius 3 is 2.86 bits per heavy atom. The fraction of sp³-hybridized carbons (Fsp3) is 0.429. The molecule has 2 aromatic heterocycles. The summed E-state index contributed by atoms with van der Waals surface area (Å²) in [6.45, 7) is 3.84. The minimum Gasteiger partial charge on any atom is -0.461 e. The molecule has 2 heterocycles. The monoisotopic (exact) mass is 287 g/mol. The van der Waals surface area contributed by atoms with Crippen LogP contribution in [0.4, 0.5) is 0 Å². The van der Waals surface area contributed by atoms with E-state index in [4.69, 9.17) is 10.5 Å². The average Bonchev–Trinajstić information content (AvgIpc) is 2.76. The van der Waals surface area contributed by atoms with E-state index >= 15 is 0 Å². The van der Waals surface area contributed by atoms with E-state index in [9.17, 15) is 4.79 Å². The molecule has 7 nitrogen and oxygen atoms in total. The first-order chi connectivity index (χ1) is 9.97. The van der Waals surface area contributed by atoms with Crippen LogP contribution >= 0.6 is 0 Å². The maximum Gasteiger partial charge on any atom is 0.317 e. The van der Waals surface area contributed by atoms with Crippen LogP contribution in [0.25, 0.3) is 11.4 Å². The molecule has 0 fully saturated rings. The summed E-state index contributed by atoms with van der Waals surface area (Å²) >= 11 is 0. The predicted molar refractivity (Wildman–Crippen MR) is 75.9 cm³/mol. The van der Waals surface area contributed by atoms with Crippen LogP contribution in [0.3, 0.4) is 0 Å². The Hall–Kier alpha value is -2.44. The van der Waals surface area contributed by atoms with Crippen molar-refractivity contribution >= 4 is 5.91 Å². The average molecular weight is 287 g/mol. The van der Waals surface area contributed by atoms with Crippen molar-refractivity contribution < 1.29 is 9.53 Å². The molecular formula is C14H17N5O2. The number of primary amides is 1. The molecule has 0 bridgehead atoms. The third-order valence-corrected chi connectivity index (χ3v) is 3.43. The van der Waals surface area contributed by atoms with Crippen LogP contribution in [0.15, 0.2) is 6.20 Å². The van der Waals surface area contributed by atoms with Crippen LogP contribution < -0.4 is 10.5 Å². The van der Waals surface area contributed by atoms with E-state index in [1.165, 1.54) is 0 Å². The Labute approximate surface area is 122 Å². The largest absolute Gasteiger partial charge is 0.461 e. The number of ether oxygens (including phenoxy) is 1. The molecule has 7 heteroatoms. The standard InChI is InChI=1S/C14H17N5O2/c1-7(2)21-14-16-6-8-4-5-9-11(13(15)20)18-19(3)12(9)10(8)17-14/h6-7H,4-5H2,1-3H3,(H2,15,20). The molecule has 0 unspecified atom stereocenters. The molecule has 0 spiro atoms. The third kappa shape index (κ3) is 2.24. The van der Waals surface area contributed by atoms with E-state index in [2.05, 4.69) is 15.1 Å². The number of nitrogens with zero attached hydrogens (tertiary/aromatic N) is 4. The van der Waals surface area contributed by atoms with Crippen LogP contribution in [0.5, 0.6) is 6.01 Å². The Kier molecular flexibility index (Phi) is 3.12. The van der Waals surface area contributed by atoms with Gasteiger partial charge >= 0.3 is 6.01 Å². The molecule has 0 radical (unpaired) electrons. The Morgan fingerprint density at radius 1 is 1.43 bits per heavy atom. The summed E-state index contributed by atoms with van der Waals surface area (Å²) in [5.41, 5.74) is 9.18. The van der Waals surface area contributed by atoms with Crippen molar-refractivity contribution in [2.75, 3.05) is 0 Å². The van der Waals surface area contributed by atoms with Crippen LogP contribution in [-0.4, -0.2) is 31.8 Å². The molecule has 0 atom stereocenters. The first-order valence-corrected chi connectivity index (χ1v) is 6.86. The lowest BCUT2D eigenvalue weighted by atomic mass is 9.93. The number of rotatable bonds is 3. The minimum absolute atomic E-state index is 0.00108. The summed E-state index contributed by atoms with van der Waals surface area (Å²) in [4.78, 5) is 20.2. The van der Waals surface area contributed by atoms with Gasteiger partial charge in [-0.25, -0.2) is 4.98 Å². The van der Waals surface area contributed by atoms with E-state index < -0.39 is 5.91 Å². The Bertz CT molecular complexity index is 720. The van der Waals surface area contributed by atoms with Crippen LogP contribution in [0, 0.1) is 0 Å². The van der Waals surface area contributed by atoms with Crippen molar-refractivity contribution in [3.63, 3.8) is 0 Å². The number of aromatic nitrogens is 4. The number of aryl methyl sites for hydroxylation is 2. The predicted octanol–water partition coefficient (Wildman–Crippen LogP) is 0.862. The maximum atomic E-state index is 11.5. The van der Waals surface area contributed by atoms with Crippen LogP contribution in [0.2, 0.25) is 0 Å². The maximum absolute atomic E-state index is 11.5. The van der Waals surface area contributed by atoms with Gasteiger partial charge in [0.2, 0.25) is 0 Å². The van der Waals surface area contributed by atoms with Gasteiger partial charge < -0.3 is 10.5 Å². The van der Waals surface area contributed by atoms with Gasteiger partial charge in [-0.1, -0.05) is 0 Å². The zero-order valence-electron chi connectivity index (χ0n) is 12.3. The third-order valence-electron chi connectivity index (χ3n) is 3.43. The van der Waals surface area contributed by atoms with Gasteiger partial charge in [0.05, 0.1) is 17.5 Å². The van der Waals surface area contributed by atoms with Crippen LogP contribution in [0.1, 0.15) is 35.5 Å². The molecule has 0 saturated heterocycles. The highest BCUT2D eigenvalue weighted by atomic mass is 16.5. The molecule has 1 amide bonds. The smallest absolute Gasteiger partial charge is 0.317 e. The molecule has 21 heavy (non-hydrogen) atoms. The molecule has 110 valence electrons. The SMILES string of the molecule is CC(C)Oc1ncc2c(n1)-c1c(c(C(N)=O)nn1C)CC2. The highest BCUT2D eigenvalue weighted by Gasteiger charge is 2.28. The minimum atomic E-state index is -0.511. The van der Waals surface area contributed by atoms with Crippen molar-refractivity contribution in [3.05, 3.63) is 23.0 Å². The van der Waals surface area contributed by atoms with E-state index in [0.717, 1.165) is 28.9 Å². The van der Waals surface area contributed by atoms with E-state index in [0.29, 0.717) is 18.1 Å². The molecular weight excluding hydrogens is 270 g/mol. The van der Waals surface area contributed by atoms with Crippen molar-refractivity contribution in [2.45, 2.75) is 32.8 Å². The Balaban J connectivity index is 2.14. The summed E-state index contributed by atoms with van der Waals surface area (Å²) in [6.07, 6.45) is 3.25. The van der Waals surface area contributed by atoms with E-state index in [-0.39, 0.29) is 6.10 Å². The van der Waals surface area contributed by atoms with Gasteiger partial charge in [-0.3, -0.25) is 9.48 Å². The van der Waals surface area contributed by atoms with Gasteiger partial charge in [0, 0.05) is 18.8 Å². The summed E-state index contributed by atoms with van der Waals surface area (Å²) < 4.78 is 7.20. The van der Waals surface area contributed by atoms with Gasteiger partial charge in [-0.2, -0.15) is 10.1 Å². The number of hydrogen-bond acceptors (Lipinski definition) is 5. The number of amides is 1. The van der Waals surface area contributed by atoms with E-state index in [1.54, 1.807) is 17.9 Å². The topological polar surface area (TPSA) is 95.9 Å². The summed E-state index contributed by atoms with van der Waals surface area (Å²) in [5, 5.41) is 4.22. The molecule has 2 N–H and O–H groups in total. The summed E-state index contributed by atoms with van der Waals surface area (Å²) in [7, 11) is 1.78. The molecule has 1 aliphatic rings. The second-order valence-electron chi connectivity index (χ2n) is 5.36. The number of carbonyl (C=O) groups excluding carboxylic acids is 1. The molecule has 0 saturated carbocycles. The van der Waals surface area contributed by atoms with Crippen LogP contribution in [-0.2, 0) is 19.9 Å². The summed E-state index contributed by atoms with van der Waals surface area (Å²) in [6, 6.07) is 0.332. The number of nitrogens with two attached hydrogens (primary N) is 1. The van der Waals surface area contributed by atoms with Crippen molar-refractivity contribution in [2.24, 2.45) is 12.8 Å². The zero-order chi connectivity index (χ0) is 15.1. The zero-order valence-corrected chi connectivity index (χ0v) is 12.3. The molecule has 0 aliphatic heterocycles. The van der Waals surface area contributed by atoms with Crippen molar-refractivity contribution in [1.29, 1.82) is 0 Å². The highest BCUT2D eigenvalue weighted by Crippen LogP contribution is 2.34. The fourth-order valence-corrected chi connectivity index (χ4v) is 2.60. The second-order valence-corrected chi connectivity index (χ2v) is 5.36. The van der Waals surface area contributed by atoms with E-state index in [1.807, 2.05) is 13.8 Å². The number of hydrogen-bond donors (Lipinski definition) is 1. The lowest BCUT2D eigenvalue weighted by Crippen LogP contribution is -2.16. The number of carbonyl (C=O) groups is 1. The van der Waals surface area contributed by atoms with Gasteiger partial charge in [-0.15, -0.1) is 0 Å². The van der Waals surface area contributed by atoms with Gasteiger partial charge in [0.15, 0.2) is 5.69 Å². The summed E-state index contributed by atoms with van der Waals surface area (Å²) in [5.74, 6) is -0.511. The quantitative estimate of drug-likeness (QED) is 0.903. The van der Waals surface area contributed by atoms with Gasteiger partial charge in [-0.05, 0) is 32.3 Å². The molecule has 2 aromatic rings. The first kappa shape index (κ1) is 13.5. The number of fused-ring (bicyclic) bond motifs is 3. The van der Waals surface area contributed by atoms with Crippen molar-refractivity contribution in [1.82, 2.24) is 19.7 Å². The Morgan fingerprint density at radius 2 is 2.19 bits per heavy atom. The highest BCUT2D eigenvalue weighted by molar-refractivity contribution is 5.94. The molecule has 1 aliphatic carbocycles. The first-order valence-electron chi connectivity index (χ1n) is 6.86. The lowest BCUT2D eigenvalue weighted by molar-refractivity contribution is 0.0994. The second kappa shape index (κ2) is 4.83. The van der Waals surface area contributed by atoms with Crippen molar-refractivity contribution in [3.8, 4) is 17.4 Å². The normalized spacial score (nSPS) is 13.0. The van der Waals surface area contributed by atoms with Gasteiger partial charge in [0.1, 0.15) is 0 Å². The molecule has 3 rings (SSSR count). The fourth-order valence-electron chi connectivity index (χ4n) is 2.60.